The zero-order valence-electron chi connectivity index (χ0n) is 13.3. The van der Waals surface area contributed by atoms with Crippen molar-refractivity contribution in [1.82, 2.24) is 15.5 Å². The van der Waals surface area contributed by atoms with E-state index in [-0.39, 0.29) is 24.2 Å². The molecule has 134 valence electrons. The van der Waals surface area contributed by atoms with Crippen molar-refractivity contribution in [3.63, 3.8) is 0 Å². The topological polar surface area (TPSA) is 60.2 Å². The van der Waals surface area contributed by atoms with Crippen LogP contribution in [0.2, 0.25) is 0 Å². The van der Waals surface area contributed by atoms with Crippen molar-refractivity contribution >= 4 is 12.4 Å². The van der Waals surface area contributed by atoms with Gasteiger partial charge in [0.15, 0.2) is 5.82 Å². The first-order chi connectivity index (χ1) is 10.9. The van der Waals surface area contributed by atoms with E-state index in [1.807, 2.05) is 14.0 Å². The van der Waals surface area contributed by atoms with Gasteiger partial charge in [-0.3, -0.25) is 0 Å². The Labute approximate surface area is 144 Å². The molecule has 2 rings (SSSR count). The number of rotatable bonds is 7. The van der Waals surface area contributed by atoms with Crippen LogP contribution in [-0.2, 0) is 19.3 Å². The normalized spacial score (nSPS) is 12.5. The Morgan fingerprint density at radius 1 is 1.21 bits per heavy atom. The van der Waals surface area contributed by atoms with E-state index in [4.69, 9.17) is 4.52 Å². The predicted molar refractivity (Wildman–Crippen MR) is 84.3 cm³/mol. The molecular weight excluding hydrogens is 347 g/mol. The molecule has 24 heavy (non-hydrogen) atoms. The average Bonchev–Trinajstić information content (AvgIpc) is 2.92. The molecule has 0 bridgehead atoms. The molecule has 0 amide bonds. The fourth-order valence-corrected chi connectivity index (χ4v) is 1.96. The maximum absolute atomic E-state index is 12.1. The van der Waals surface area contributed by atoms with Crippen LogP contribution in [0, 0.1) is 0 Å². The Kier molecular flexibility index (Phi) is 7.50. The van der Waals surface area contributed by atoms with Crippen LogP contribution in [0.4, 0.5) is 13.2 Å². The lowest BCUT2D eigenvalue weighted by Crippen LogP contribution is -2.24. The molecule has 1 atom stereocenters. The number of likely N-dealkylation sites (N-methyl/N-ethyl adjacent to an activating group) is 1. The van der Waals surface area contributed by atoms with Gasteiger partial charge in [0.1, 0.15) is 5.75 Å². The number of halogens is 4. The summed E-state index contributed by atoms with van der Waals surface area (Å²) >= 11 is 0. The van der Waals surface area contributed by atoms with Gasteiger partial charge < -0.3 is 14.6 Å². The lowest BCUT2D eigenvalue weighted by atomic mass is 10.1. The fraction of sp³-hybridized carbons (Fsp3) is 0.467. The van der Waals surface area contributed by atoms with Crippen molar-refractivity contribution < 1.29 is 22.4 Å². The highest BCUT2D eigenvalue weighted by Gasteiger charge is 2.30. The highest BCUT2D eigenvalue weighted by molar-refractivity contribution is 5.85. The number of hydrogen-bond donors (Lipinski definition) is 1. The molecule has 0 fully saturated rings. The average molecular weight is 366 g/mol. The molecule has 0 saturated heterocycles. The van der Waals surface area contributed by atoms with Crippen LogP contribution < -0.4 is 10.1 Å². The summed E-state index contributed by atoms with van der Waals surface area (Å²) < 4.78 is 45.2. The van der Waals surface area contributed by atoms with Gasteiger partial charge in [-0.05, 0) is 38.1 Å². The Bertz CT molecular complexity index is 617. The SMILES string of the molecule is CNC(C)Cc1noc(CCc2ccc(OC(F)(F)F)cc2)n1.Cl. The minimum absolute atomic E-state index is 0. The fourth-order valence-electron chi connectivity index (χ4n) is 1.96. The van der Waals surface area contributed by atoms with Crippen LogP contribution in [0.15, 0.2) is 28.8 Å². The lowest BCUT2D eigenvalue weighted by molar-refractivity contribution is -0.274. The summed E-state index contributed by atoms with van der Waals surface area (Å²) in [7, 11) is 1.86. The number of alkyl halides is 3. The molecule has 1 aromatic heterocycles. The molecule has 2 aromatic rings. The third-order valence-electron chi connectivity index (χ3n) is 3.28. The quantitative estimate of drug-likeness (QED) is 0.815. The molecule has 1 heterocycles. The van der Waals surface area contributed by atoms with E-state index in [1.54, 1.807) is 12.1 Å². The second kappa shape index (κ2) is 8.89. The monoisotopic (exact) mass is 365 g/mol. The van der Waals surface area contributed by atoms with E-state index < -0.39 is 6.36 Å². The zero-order valence-corrected chi connectivity index (χ0v) is 14.1. The summed E-state index contributed by atoms with van der Waals surface area (Å²) in [5.74, 6) is 0.914. The van der Waals surface area contributed by atoms with Crippen LogP contribution in [0.1, 0.15) is 24.2 Å². The molecule has 1 N–H and O–H groups in total. The maximum atomic E-state index is 12.1. The van der Waals surface area contributed by atoms with Gasteiger partial charge in [-0.2, -0.15) is 4.98 Å². The standard InChI is InChI=1S/C15H18F3N3O2.ClH/c1-10(19-2)9-13-20-14(23-21-13)8-5-11-3-6-12(7-4-11)22-15(16,17)18;/h3-4,6-7,10,19H,5,8-9H2,1-2H3;1H. The van der Waals surface area contributed by atoms with E-state index in [0.29, 0.717) is 31.0 Å². The molecule has 0 saturated carbocycles. The van der Waals surface area contributed by atoms with Crippen LogP contribution in [0.25, 0.3) is 0 Å². The van der Waals surface area contributed by atoms with Crippen molar-refractivity contribution in [3.8, 4) is 5.75 Å². The second-order valence-electron chi connectivity index (χ2n) is 5.19. The first-order valence-corrected chi connectivity index (χ1v) is 7.19. The Balaban J connectivity index is 0.00000288. The lowest BCUT2D eigenvalue weighted by Gasteiger charge is -2.08. The van der Waals surface area contributed by atoms with Gasteiger partial charge >= 0.3 is 6.36 Å². The number of benzene rings is 1. The molecule has 0 aliphatic heterocycles. The number of hydrogen-bond acceptors (Lipinski definition) is 5. The summed E-state index contributed by atoms with van der Waals surface area (Å²) in [5, 5.41) is 6.99. The number of ether oxygens (including phenoxy) is 1. The van der Waals surface area contributed by atoms with Gasteiger partial charge in [-0.15, -0.1) is 25.6 Å². The molecule has 0 aliphatic carbocycles. The van der Waals surface area contributed by atoms with Crippen LogP contribution >= 0.6 is 12.4 Å². The molecule has 0 radical (unpaired) electrons. The van der Waals surface area contributed by atoms with Crippen molar-refractivity contribution in [1.29, 1.82) is 0 Å². The van der Waals surface area contributed by atoms with Crippen molar-refractivity contribution in [2.24, 2.45) is 0 Å². The third kappa shape index (κ3) is 6.76. The molecule has 1 unspecified atom stereocenters. The summed E-state index contributed by atoms with van der Waals surface area (Å²) in [4.78, 5) is 4.29. The van der Waals surface area contributed by atoms with E-state index in [9.17, 15) is 13.2 Å². The van der Waals surface area contributed by atoms with Gasteiger partial charge in [0.05, 0.1) is 0 Å². The van der Waals surface area contributed by atoms with Crippen LogP contribution in [0.5, 0.6) is 5.75 Å². The Morgan fingerprint density at radius 3 is 2.46 bits per heavy atom. The summed E-state index contributed by atoms with van der Waals surface area (Å²) in [6.45, 7) is 2.01. The first kappa shape index (κ1) is 20.2. The minimum atomic E-state index is -4.67. The van der Waals surface area contributed by atoms with Crippen molar-refractivity contribution in [2.45, 2.75) is 38.6 Å². The van der Waals surface area contributed by atoms with E-state index >= 15 is 0 Å². The van der Waals surface area contributed by atoms with E-state index in [0.717, 1.165) is 5.56 Å². The van der Waals surface area contributed by atoms with Gasteiger partial charge in [0.2, 0.25) is 5.89 Å². The zero-order chi connectivity index (χ0) is 16.9. The number of nitrogens with one attached hydrogen (secondary N) is 1. The number of nitrogens with zero attached hydrogens (tertiary/aromatic N) is 2. The van der Waals surface area contributed by atoms with Gasteiger partial charge in [0.25, 0.3) is 0 Å². The van der Waals surface area contributed by atoms with Gasteiger partial charge in [0, 0.05) is 18.9 Å². The summed E-state index contributed by atoms with van der Waals surface area (Å²) in [5.41, 5.74) is 0.864. The maximum Gasteiger partial charge on any atom is 0.573 e. The Hall–Kier alpha value is -1.80. The molecule has 9 heteroatoms. The number of aryl methyl sites for hydroxylation is 2. The van der Waals surface area contributed by atoms with E-state index in [1.165, 1.54) is 12.1 Å². The minimum Gasteiger partial charge on any atom is -0.406 e. The van der Waals surface area contributed by atoms with Gasteiger partial charge in [-0.1, -0.05) is 17.3 Å². The molecule has 5 nitrogen and oxygen atoms in total. The highest BCUT2D eigenvalue weighted by Crippen LogP contribution is 2.23. The van der Waals surface area contributed by atoms with Crippen molar-refractivity contribution in [2.75, 3.05) is 7.05 Å². The summed E-state index contributed by atoms with van der Waals surface area (Å²) in [6.07, 6.45) is -2.88. The van der Waals surface area contributed by atoms with Crippen LogP contribution in [0.3, 0.4) is 0 Å². The number of aromatic nitrogens is 2. The van der Waals surface area contributed by atoms with Crippen molar-refractivity contribution in [3.05, 3.63) is 41.5 Å². The molecule has 0 aliphatic rings. The Morgan fingerprint density at radius 2 is 1.88 bits per heavy atom. The second-order valence-corrected chi connectivity index (χ2v) is 5.19. The van der Waals surface area contributed by atoms with Crippen LogP contribution in [-0.4, -0.2) is 29.6 Å². The molecule has 0 spiro atoms. The third-order valence-corrected chi connectivity index (χ3v) is 3.28. The smallest absolute Gasteiger partial charge is 0.406 e. The largest absolute Gasteiger partial charge is 0.573 e. The molecular formula is C15H19ClF3N3O2. The first-order valence-electron chi connectivity index (χ1n) is 7.19. The predicted octanol–water partition coefficient (Wildman–Crippen LogP) is 3.33. The van der Waals surface area contributed by atoms with Gasteiger partial charge in [-0.25, -0.2) is 0 Å². The summed E-state index contributed by atoms with van der Waals surface area (Å²) in [6, 6.07) is 6.00. The highest BCUT2D eigenvalue weighted by atomic mass is 35.5. The molecule has 1 aromatic carbocycles. The van der Waals surface area contributed by atoms with E-state index in [2.05, 4.69) is 20.2 Å².